The summed E-state index contributed by atoms with van der Waals surface area (Å²) in [5.74, 6) is 2.36. The van der Waals surface area contributed by atoms with Crippen molar-refractivity contribution in [1.29, 1.82) is 0 Å². The van der Waals surface area contributed by atoms with E-state index in [1.165, 1.54) is 0 Å². The summed E-state index contributed by atoms with van der Waals surface area (Å²) in [7, 11) is 0. The summed E-state index contributed by atoms with van der Waals surface area (Å²) in [6.07, 6.45) is 7.33. The fourth-order valence-electron chi connectivity index (χ4n) is 1.22. The zero-order valence-electron chi connectivity index (χ0n) is 9.88. The van der Waals surface area contributed by atoms with Gasteiger partial charge in [-0.3, -0.25) is 4.79 Å². The van der Waals surface area contributed by atoms with Gasteiger partial charge in [0.25, 0.3) is 0 Å². The second kappa shape index (κ2) is 8.31. The fraction of sp³-hybridized carbons (Fsp3) is 0.750. The molecule has 0 aliphatic carbocycles. The fourth-order valence-corrected chi connectivity index (χ4v) is 1.22. The number of carbonyl (C=O) groups is 1. The van der Waals surface area contributed by atoms with E-state index >= 15 is 0 Å². The van der Waals surface area contributed by atoms with Gasteiger partial charge >= 0.3 is 5.97 Å². The standard InChI is InChI=1S/C12H21NO2/c1-5-8-11(6-2)13-9-10(4)12(14)15-7-3/h2,10-11,13H,5,7-9H2,1,3-4H3. The van der Waals surface area contributed by atoms with Crippen molar-refractivity contribution in [3.05, 3.63) is 0 Å². The van der Waals surface area contributed by atoms with Crippen molar-refractivity contribution < 1.29 is 9.53 Å². The van der Waals surface area contributed by atoms with Gasteiger partial charge in [-0.2, -0.15) is 0 Å². The maximum absolute atomic E-state index is 11.3. The van der Waals surface area contributed by atoms with Gasteiger partial charge in [-0.15, -0.1) is 6.42 Å². The Morgan fingerprint density at radius 1 is 1.53 bits per heavy atom. The average molecular weight is 211 g/mol. The minimum absolute atomic E-state index is 0.0619. The van der Waals surface area contributed by atoms with E-state index in [-0.39, 0.29) is 17.9 Å². The summed E-state index contributed by atoms with van der Waals surface area (Å²) in [6.45, 7) is 6.73. The Bertz CT molecular complexity index is 220. The second-order valence-corrected chi connectivity index (χ2v) is 3.57. The zero-order valence-corrected chi connectivity index (χ0v) is 9.88. The summed E-state index contributed by atoms with van der Waals surface area (Å²) in [5, 5.41) is 3.17. The molecular formula is C12H21NO2. The molecule has 0 aliphatic heterocycles. The number of hydrogen-bond acceptors (Lipinski definition) is 3. The Hall–Kier alpha value is -1.01. The van der Waals surface area contributed by atoms with Crippen molar-refractivity contribution in [1.82, 2.24) is 5.32 Å². The number of ether oxygens (including phenoxy) is 1. The van der Waals surface area contributed by atoms with E-state index in [0.29, 0.717) is 13.2 Å². The summed E-state index contributed by atoms with van der Waals surface area (Å²) in [4.78, 5) is 11.3. The van der Waals surface area contributed by atoms with Crippen LogP contribution in [0.25, 0.3) is 0 Å². The number of rotatable bonds is 7. The molecule has 86 valence electrons. The highest BCUT2D eigenvalue weighted by Crippen LogP contribution is 2.00. The third-order valence-electron chi connectivity index (χ3n) is 2.14. The molecule has 0 fully saturated rings. The van der Waals surface area contributed by atoms with Crippen LogP contribution in [-0.4, -0.2) is 25.2 Å². The SMILES string of the molecule is C#CC(CCC)NCC(C)C(=O)OCC. The number of carbonyl (C=O) groups excluding carboxylic acids is 1. The average Bonchev–Trinajstić information content (AvgIpc) is 2.24. The van der Waals surface area contributed by atoms with Crippen LogP contribution in [0.1, 0.15) is 33.6 Å². The molecule has 0 saturated carbocycles. The van der Waals surface area contributed by atoms with Crippen LogP contribution in [0, 0.1) is 18.3 Å². The topological polar surface area (TPSA) is 38.3 Å². The molecule has 1 N–H and O–H groups in total. The molecule has 0 rings (SSSR count). The van der Waals surface area contributed by atoms with Crippen molar-refractivity contribution >= 4 is 5.97 Å². The molecule has 0 amide bonds. The molecule has 0 aromatic carbocycles. The number of hydrogen-bond donors (Lipinski definition) is 1. The lowest BCUT2D eigenvalue weighted by Crippen LogP contribution is -2.34. The van der Waals surface area contributed by atoms with Crippen LogP contribution in [0.4, 0.5) is 0 Å². The first-order valence-corrected chi connectivity index (χ1v) is 5.51. The first-order chi connectivity index (χ1) is 7.15. The maximum atomic E-state index is 11.3. The predicted octanol–water partition coefficient (Wildman–Crippen LogP) is 1.58. The van der Waals surface area contributed by atoms with E-state index in [4.69, 9.17) is 11.2 Å². The number of terminal acetylenes is 1. The Kier molecular flexibility index (Phi) is 7.75. The highest BCUT2D eigenvalue weighted by atomic mass is 16.5. The molecular weight excluding hydrogens is 190 g/mol. The van der Waals surface area contributed by atoms with E-state index in [1.807, 2.05) is 6.92 Å². The highest BCUT2D eigenvalue weighted by molar-refractivity contribution is 5.72. The van der Waals surface area contributed by atoms with Gasteiger partial charge in [-0.05, 0) is 13.3 Å². The molecule has 0 spiro atoms. The quantitative estimate of drug-likeness (QED) is 0.513. The van der Waals surface area contributed by atoms with E-state index < -0.39 is 0 Å². The molecule has 2 atom stereocenters. The summed E-state index contributed by atoms with van der Waals surface area (Å²) in [5.41, 5.74) is 0. The zero-order chi connectivity index (χ0) is 11.7. The van der Waals surface area contributed by atoms with Gasteiger partial charge in [0.2, 0.25) is 0 Å². The third kappa shape index (κ3) is 6.14. The van der Waals surface area contributed by atoms with E-state index in [9.17, 15) is 4.79 Å². The maximum Gasteiger partial charge on any atom is 0.309 e. The number of nitrogens with one attached hydrogen (secondary N) is 1. The molecule has 15 heavy (non-hydrogen) atoms. The van der Waals surface area contributed by atoms with Crippen LogP contribution in [0.2, 0.25) is 0 Å². The van der Waals surface area contributed by atoms with Crippen LogP contribution in [0.5, 0.6) is 0 Å². The molecule has 0 aliphatic rings. The second-order valence-electron chi connectivity index (χ2n) is 3.57. The smallest absolute Gasteiger partial charge is 0.309 e. The van der Waals surface area contributed by atoms with Crippen LogP contribution < -0.4 is 5.32 Å². The minimum Gasteiger partial charge on any atom is -0.466 e. The molecule has 0 aromatic rings. The van der Waals surface area contributed by atoms with Gasteiger partial charge in [0.15, 0.2) is 0 Å². The molecule has 0 aromatic heterocycles. The van der Waals surface area contributed by atoms with Gasteiger partial charge in [0, 0.05) is 6.54 Å². The summed E-state index contributed by atoms with van der Waals surface area (Å²) < 4.78 is 4.90. The summed E-state index contributed by atoms with van der Waals surface area (Å²) >= 11 is 0. The number of esters is 1. The molecule has 0 saturated heterocycles. The Morgan fingerprint density at radius 2 is 2.20 bits per heavy atom. The highest BCUT2D eigenvalue weighted by Gasteiger charge is 2.14. The van der Waals surface area contributed by atoms with Crippen LogP contribution >= 0.6 is 0 Å². The molecule has 3 nitrogen and oxygen atoms in total. The lowest BCUT2D eigenvalue weighted by atomic mass is 10.1. The van der Waals surface area contributed by atoms with E-state index in [1.54, 1.807) is 6.92 Å². The van der Waals surface area contributed by atoms with E-state index in [0.717, 1.165) is 12.8 Å². The van der Waals surface area contributed by atoms with Gasteiger partial charge in [-0.1, -0.05) is 26.2 Å². The molecule has 0 bridgehead atoms. The normalized spacial score (nSPS) is 14.0. The van der Waals surface area contributed by atoms with Gasteiger partial charge in [0.1, 0.15) is 0 Å². The first kappa shape index (κ1) is 14.0. The van der Waals surface area contributed by atoms with Crippen LogP contribution in [0.3, 0.4) is 0 Å². The minimum atomic E-state index is -0.169. The van der Waals surface area contributed by atoms with Gasteiger partial charge in [0.05, 0.1) is 18.6 Å². The van der Waals surface area contributed by atoms with E-state index in [2.05, 4.69) is 18.2 Å². The Morgan fingerprint density at radius 3 is 2.67 bits per heavy atom. The van der Waals surface area contributed by atoms with Crippen LogP contribution in [-0.2, 0) is 9.53 Å². The lowest BCUT2D eigenvalue weighted by molar-refractivity contribution is -0.147. The Balaban J connectivity index is 3.82. The lowest BCUT2D eigenvalue weighted by Gasteiger charge is -2.15. The molecule has 2 unspecified atom stereocenters. The predicted molar refractivity (Wildman–Crippen MR) is 61.3 cm³/mol. The molecule has 0 radical (unpaired) electrons. The van der Waals surface area contributed by atoms with Crippen LogP contribution in [0.15, 0.2) is 0 Å². The first-order valence-electron chi connectivity index (χ1n) is 5.51. The van der Waals surface area contributed by atoms with Crippen molar-refractivity contribution in [2.24, 2.45) is 5.92 Å². The monoisotopic (exact) mass is 211 g/mol. The largest absolute Gasteiger partial charge is 0.466 e. The van der Waals surface area contributed by atoms with Crippen molar-refractivity contribution in [3.63, 3.8) is 0 Å². The van der Waals surface area contributed by atoms with Crippen molar-refractivity contribution in [3.8, 4) is 12.3 Å². The van der Waals surface area contributed by atoms with Gasteiger partial charge < -0.3 is 10.1 Å². The molecule has 0 heterocycles. The van der Waals surface area contributed by atoms with Crippen molar-refractivity contribution in [2.45, 2.75) is 39.7 Å². The van der Waals surface area contributed by atoms with Crippen molar-refractivity contribution in [2.75, 3.05) is 13.2 Å². The van der Waals surface area contributed by atoms with Gasteiger partial charge in [-0.25, -0.2) is 0 Å². The molecule has 3 heteroatoms. The summed E-state index contributed by atoms with van der Waals surface area (Å²) in [6, 6.07) is 0.0619. The third-order valence-corrected chi connectivity index (χ3v) is 2.14. The Labute approximate surface area is 92.6 Å².